The molecule has 0 aliphatic carbocycles. The van der Waals surface area contributed by atoms with Crippen molar-refractivity contribution < 1.29 is 9.47 Å². The van der Waals surface area contributed by atoms with E-state index in [1.165, 1.54) is 0 Å². The summed E-state index contributed by atoms with van der Waals surface area (Å²) in [6.45, 7) is 7.17. The highest BCUT2D eigenvalue weighted by Crippen LogP contribution is 2.37. The molecule has 0 bridgehead atoms. The van der Waals surface area contributed by atoms with Gasteiger partial charge in [0.1, 0.15) is 17.4 Å². The molecule has 9 heteroatoms. The van der Waals surface area contributed by atoms with Crippen molar-refractivity contribution in [3.05, 3.63) is 39.8 Å². The standard InChI is InChI=1S/C22H27Cl2N5O2/c1-13-10-17-21(26-7-6-25-15-4-8-31-9-5-15)27-14(2)28-22(17)29(13)20-18(23)11-16(30-3)12-19(20)24/h10-12,15,25H,4-9H2,1-3H3,(H,26,27,28). The summed E-state index contributed by atoms with van der Waals surface area (Å²) in [7, 11) is 1.59. The Bertz CT molecular complexity index is 1060. The van der Waals surface area contributed by atoms with Crippen LogP contribution >= 0.6 is 23.2 Å². The van der Waals surface area contributed by atoms with Gasteiger partial charge in [-0.3, -0.25) is 4.57 Å². The van der Waals surface area contributed by atoms with Gasteiger partial charge in [0.15, 0.2) is 5.65 Å². The Morgan fingerprint density at radius 2 is 1.81 bits per heavy atom. The van der Waals surface area contributed by atoms with Crippen LogP contribution in [0.3, 0.4) is 0 Å². The summed E-state index contributed by atoms with van der Waals surface area (Å²) in [6, 6.07) is 6.08. The number of benzene rings is 1. The van der Waals surface area contributed by atoms with Gasteiger partial charge in [-0.15, -0.1) is 0 Å². The fraction of sp³-hybridized carbons (Fsp3) is 0.455. The van der Waals surface area contributed by atoms with Crippen LogP contribution in [0.2, 0.25) is 10.0 Å². The number of nitrogens with zero attached hydrogens (tertiary/aromatic N) is 3. The van der Waals surface area contributed by atoms with E-state index in [0.29, 0.717) is 33.3 Å². The second kappa shape index (κ2) is 9.61. The average Bonchev–Trinajstić information content (AvgIpc) is 3.07. The topological polar surface area (TPSA) is 73.2 Å². The van der Waals surface area contributed by atoms with Crippen molar-refractivity contribution in [2.45, 2.75) is 32.7 Å². The third-order valence-corrected chi connectivity index (χ3v) is 6.05. The van der Waals surface area contributed by atoms with E-state index in [-0.39, 0.29) is 0 Å². The van der Waals surface area contributed by atoms with E-state index in [1.54, 1.807) is 19.2 Å². The van der Waals surface area contributed by atoms with E-state index in [2.05, 4.69) is 21.7 Å². The Hall–Kier alpha value is -2.06. The van der Waals surface area contributed by atoms with E-state index in [4.69, 9.17) is 37.7 Å². The molecule has 2 aromatic heterocycles. The van der Waals surface area contributed by atoms with Crippen molar-refractivity contribution in [2.24, 2.45) is 0 Å². The molecular weight excluding hydrogens is 437 g/mol. The highest BCUT2D eigenvalue weighted by atomic mass is 35.5. The molecule has 1 fully saturated rings. The van der Waals surface area contributed by atoms with Crippen molar-refractivity contribution in [1.82, 2.24) is 19.9 Å². The molecule has 1 saturated heterocycles. The Balaban J connectivity index is 1.61. The normalized spacial score (nSPS) is 14.9. The Morgan fingerprint density at radius 1 is 1.10 bits per heavy atom. The first kappa shape index (κ1) is 22.1. The SMILES string of the molecule is COc1cc(Cl)c(-n2c(C)cc3c(NCCNC4CCOCC4)nc(C)nc32)c(Cl)c1. The lowest BCUT2D eigenvalue weighted by atomic mass is 10.1. The zero-order chi connectivity index (χ0) is 22.0. The number of anilines is 1. The lowest BCUT2D eigenvalue weighted by Gasteiger charge is -2.23. The van der Waals surface area contributed by atoms with Gasteiger partial charge in [-0.1, -0.05) is 23.2 Å². The highest BCUT2D eigenvalue weighted by molar-refractivity contribution is 6.38. The molecule has 1 aromatic carbocycles. The maximum absolute atomic E-state index is 6.57. The smallest absolute Gasteiger partial charge is 0.150 e. The van der Waals surface area contributed by atoms with Crippen molar-refractivity contribution in [3.63, 3.8) is 0 Å². The first-order valence-electron chi connectivity index (χ1n) is 10.4. The van der Waals surface area contributed by atoms with Gasteiger partial charge in [-0.2, -0.15) is 0 Å². The van der Waals surface area contributed by atoms with Crippen LogP contribution in [0.5, 0.6) is 5.75 Å². The van der Waals surface area contributed by atoms with Crippen LogP contribution in [0.15, 0.2) is 18.2 Å². The third-order valence-electron chi connectivity index (χ3n) is 5.48. The fourth-order valence-electron chi connectivity index (χ4n) is 3.96. The highest BCUT2D eigenvalue weighted by Gasteiger charge is 2.19. The van der Waals surface area contributed by atoms with Gasteiger partial charge in [0, 0.05) is 50.2 Å². The molecule has 7 nitrogen and oxygen atoms in total. The average molecular weight is 464 g/mol. The molecule has 0 spiro atoms. The molecule has 0 amide bonds. The molecule has 0 radical (unpaired) electrons. The molecule has 0 unspecified atom stereocenters. The molecule has 1 aliphatic heterocycles. The van der Waals surface area contributed by atoms with Gasteiger partial charge in [0.25, 0.3) is 0 Å². The molecule has 0 saturated carbocycles. The molecule has 0 atom stereocenters. The summed E-state index contributed by atoms with van der Waals surface area (Å²) in [5, 5.41) is 8.97. The maximum atomic E-state index is 6.57. The molecule has 31 heavy (non-hydrogen) atoms. The van der Waals surface area contributed by atoms with Crippen LogP contribution in [0.4, 0.5) is 5.82 Å². The van der Waals surface area contributed by atoms with E-state index in [9.17, 15) is 0 Å². The van der Waals surface area contributed by atoms with Crippen LogP contribution in [-0.2, 0) is 4.74 Å². The number of fused-ring (bicyclic) bond motifs is 1. The number of aryl methyl sites for hydroxylation is 2. The van der Waals surface area contributed by atoms with E-state index < -0.39 is 0 Å². The second-order valence-electron chi connectivity index (χ2n) is 7.69. The summed E-state index contributed by atoms with van der Waals surface area (Å²) < 4.78 is 12.7. The molecule has 1 aliphatic rings. The summed E-state index contributed by atoms with van der Waals surface area (Å²) in [6.07, 6.45) is 2.12. The van der Waals surface area contributed by atoms with Crippen LogP contribution in [0, 0.1) is 13.8 Å². The van der Waals surface area contributed by atoms with Crippen LogP contribution in [0.1, 0.15) is 24.4 Å². The molecule has 3 heterocycles. The minimum absolute atomic E-state index is 0.497. The van der Waals surface area contributed by atoms with Crippen LogP contribution in [-0.4, -0.2) is 54.0 Å². The van der Waals surface area contributed by atoms with Gasteiger partial charge in [0.2, 0.25) is 0 Å². The molecule has 166 valence electrons. The number of hydrogen-bond acceptors (Lipinski definition) is 6. The summed E-state index contributed by atoms with van der Waals surface area (Å²) in [5.74, 6) is 2.09. The zero-order valence-corrected chi connectivity index (χ0v) is 19.5. The van der Waals surface area contributed by atoms with Crippen molar-refractivity contribution in [3.8, 4) is 11.4 Å². The number of nitrogens with one attached hydrogen (secondary N) is 2. The summed E-state index contributed by atoms with van der Waals surface area (Å²) in [4.78, 5) is 9.33. The van der Waals surface area contributed by atoms with Crippen molar-refractivity contribution >= 4 is 40.1 Å². The Kier molecular flexibility index (Phi) is 6.86. The number of ether oxygens (including phenoxy) is 2. The predicted octanol–water partition coefficient (Wildman–Crippen LogP) is 4.53. The van der Waals surface area contributed by atoms with Crippen molar-refractivity contribution in [1.29, 1.82) is 0 Å². The number of hydrogen-bond donors (Lipinski definition) is 2. The monoisotopic (exact) mass is 463 g/mol. The van der Waals surface area contributed by atoms with Crippen LogP contribution in [0.25, 0.3) is 16.7 Å². The zero-order valence-electron chi connectivity index (χ0n) is 18.0. The second-order valence-corrected chi connectivity index (χ2v) is 8.50. The lowest BCUT2D eigenvalue weighted by Crippen LogP contribution is -2.37. The summed E-state index contributed by atoms with van der Waals surface area (Å²) in [5.41, 5.74) is 2.41. The molecule has 2 N–H and O–H groups in total. The van der Waals surface area contributed by atoms with Gasteiger partial charge >= 0.3 is 0 Å². The third kappa shape index (κ3) is 4.75. The number of halogens is 2. The summed E-state index contributed by atoms with van der Waals surface area (Å²) >= 11 is 13.1. The number of aromatic nitrogens is 3. The lowest BCUT2D eigenvalue weighted by molar-refractivity contribution is 0.0784. The minimum atomic E-state index is 0.497. The van der Waals surface area contributed by atoms with Gasteiger partial charge in [-0.05, 0) is 32.8 Å². The number of methoxy groups -OCH3 is 1. The Morgan fingerprint density at radius 3 is 2.48 bits per heavy atom. The van der Waals surface area contributed by atoms with Crippen LogP contribution < -0.4 is 15.4 Å². The first-order chi connectivity index (χ1) is 15.0. The quantitative estimate of drug-likeness (QED) is 0.501. The first-order valence-corrected chi connectivity index (χ1v) is 11.2. The van der Waals surface area contributed by atoms with E-state index in [0.717, 1.165) is 61.7 Å². The van der Waals surface area contributed by atoms with Gasteiger partial charge in [-0.25, -0.2) is 9.97 Å². The van der Waals surface area contributed by atoms with Crippen molar-refractivity contribution in [2.75, 3.05) is 38.7 Å². The minimum Gasteiger partial charge on any atom is -0.497 e. The maximum Gasteiger partial charge on any atom is 0.150 e. The largest absolute Gasteiger partial charge is 0.497 e. The Labute approximate surface area is 192 Å². The fourth-order valence-corrected chi connectivity index (χ4v) is 4.60. The van der Waals surface area contributed by atoms with E-state index >= 15 is 0 Å². The van der Waals surface area contributed by atoms with E-state index in [1.807, 2.05) is 18.4 Å². The molecule has 4 rings (SSSR count). The molecular formula is C22H27Cl2N5O2. The number of rotatable bonds is 7. The predicted molar refractivity (Wildman–Crippen MR) is 125 cm³/mol. The van der Waals surface area contributed by atoms with Gasteiger partial charge in [0.05, 0.1) is 28.2 Å². The van der Waals surface area contributed by atoms with Gasteiger partial charge < -0.3 is 20.1 Å². The molecule has 3 aromatic rings.